The average molecular weight is 341 g/mol. The van der Waals surface area contributed by atoms with Crippen LogP contribution in [0.3, 0.4) is 0 Å². The molecule has 2 rings (SSSR count). The van der Waals surface area contributed by atoms with Crippen molar-refractivity contribution >= 4 is 33.4 Å². The highest BCUT2D eigenvalue weighted by Crippen LogP contribution is 2.24. The van der Waals surface area contributed by atoms with Gasteiger partial charge in [0.2, 0.25) is 5.91 Å². The fraction of sp³-hybridized carbons (Fsp3) is 0.0714. The summed E-state index contributed by atoms with van der Waals surface area (Å²) >= 11 is 9.32. The molecular formula is C14H11BrClNO2. The van der Waals surface area contributed by atoms with Crippen LogP contribution in [0.15, 0.2) is 46.9 Å². The Kier molecular flexibility index (Phi) is 4.45. The Morgan fingerprint density at radius 3 is 2.63 bits per heavy atom. The smallest absolute Gasteiger partial charge is 0.249 e. The number of hydrogen-bond acceptors (Lipinski definition) is 2. The summed E-state index contributed by atoms with van der Waals surface area (Å²) in [4.78, 5) is 11.1. The monoisotopic (exact) mass is 339 g/mol. The second kappa shape index (κ2) is 6.08. The lowest BCUT2D eigenvalue weighted by atomic mass is 10.2. The molecule has 0 bridgehead atoms. The molecule has 0 spiro atoms. The molecule has 0 aliphatic carbocycles. The van der Waals surface area contributed by atoms with Crippen LogP contribution >= 0.6 is 27.5 Å². The van der Waals surface area contributed by atoms with Gasteiger partial charge in [-0.2, -0.15) is 0 Å². The molecule has 1 amide bonds. The zero-order valence-corrected chi connectivity index (χ0v) is 12.2. The van der Waals surface area contributed by atoms with Crippen LogP contribution in [0, 0.1) is 0 Å². The number of amides is 1. The molecule has 2 aromatic rings. The first kappa shape index (κ1) is 13.9. The maximum atomic E-state index is 11.1. The van der Waals surface area contributed by atoms with Gasteiger partial charge in [-0.05, 0) is 40.2 Å². The third-order valence-corrected chi connectivity index (χ3v) is 3.58. The molecule has 3 nitrogen and oxygen atoms in total. The minimum absolute atomic E-state index is 0.363. The van der Waals surface area contributed by atoms with Gasteiger partial charge in [0.1, 0.15) is 12.4 Å². The van der Waals surface area contributed by atoms with Crippen LogP contribution in [0.1, 0.15) is 15.9 Å². The summed E-state index contributed by atoms with van der Waals surface area (Å²) in [6, 6.07) is 12.5. The molecule has 2 N–H and O–H groups in total. The van der Waals surface area contributed by atoms with Crippen molar-refractivity contribution in [3.63, 3.8) is 0 Å². The lowest BCUT2D eigenvalue weighted by Crippen LogP contribution is -2.11. The van der Waals surface area contributed by atoms with Crippen LogP contribution in [-0.2, 0) is 6.61 Å². The van der Waals surface area contributed by atoms with Crippen LogP contribution in [-0.4, -0.2) is 5.91 Å². The van der Waals surface area contributed by atoms with E-state index in [0.717, 1.165) is 5.56 Å². The van der Waals surface area contributed by atoms with E-state index in [9.17, 15) is 4.79 Å². The lowest BCUT2D eigenvalue weighted by Gasteiger charge is -2.09. The number of carbonyl (C=O) groups is 1. The molecule has 0 aromatic heterocycles. The molecule has 0 radical (unpaired) electrons. The zero-order chi connectivity index (χ0) is 13.8. The van der Waals surface area contributed by atoms with E-state index in [2.05, 4.69) is 15.9 Å². The standard InChI is InChI=1S/C14H11BrClNO2/c15-12-7-10(5-6-11(12)14(17)18)19-8-9-3-1-2-4-13(9)16/h1-7H,8H2,(H2,17,18). The summed E-state index contributed by atoms with van der Waals surface area (Å²) in [5.74, 6) is 0.154. The first-order chi connectivity index (χ1) is 9.08. The maximum absolute atomic E-state index is 11.1. The fourth-order valence-electron chi connectivity index (χ4n) is 1.56. The third kappa shape index (κ3) is 3.49. The Morgan fingerprint density at radius 1 is 1.26 bits per heavy atom. The first-order valence-corrected chi connectivity index (χ1v) is 6.70. The Bertz CT molecular complexity index is 616. The Labute approximate surface area is 124 Å². The van der Waals surface area contributed by atoms with E-state index in [0.29, 0.717) is 27.4 Å². The number of ether oxygens (including phenoxy) is 1. The van der Waals surface area contributed by atoms with Crippen molar-refractivity contribution in [2.75, 3.05) is 0 Å². The SMILES string of the molecule is NC(=O)c1ccc(OCc2ccccc2Cl)cc1Br. The molecule has 0 unspecified atom stereocenters. The summed E-state index contributed by atoms with van der Waals surface area (Å²) in [6.45, 7) is 0.363. The number of carbonyl (C=O) groups excluding carboxylic acids is 1. The largest absolute Gasteiger partial charge is 0.489 e. The first-order valence-electron chi connectivity index (χ1n) is 5.53. The predicted molar refractivity (Wildman–Crippen MR) is 78.4 cm³/mol. The molecule has 0 heterocycles. The number of nitrogens with two attached hydrogens (primary N) is 1. The van der Waals surface area contributed by atoms with E-state index in [1.165, 1.54) is 0 Å². The van der Waals surface area contributed by atoms with Gasteiger partial charge in [0.25, 0.3) is 0 Å². The molecule has 98 valence electrons. The van der Waals surface area contributed by atoms with Crippen LogP contribution in [0.25, 0.3) is 0 Å². The summed E-state index contributed by atoms with van der Waals surface area (Å²) in [5, 5.41) is 0.662. The summed E-state index contributed by atoms with van der Waals surface area (Å²) in [7, 11) is 0. The number of hydrogen-bond donors (Lipinski definition) is 1. The van der Waals surface area contributed by atoms with Gasteiger partial charge in [0.15, 0.2) is 0 Å². The molecular weight excluding hydrogens is 330 g/mol. The quantitative estimate of drug-likeness (QED) is 0.921. The van der Waals surface area contributed by atoms with Gasteiger partial charge in [-0.25, -0.2) is 0 Å². The Balaban J connectivity index is 2.11. The van der Waals surface area contributed by atoms with E-state index >= 15 is 0 Å². The highest BCUT2D eigenvalue weighted by molar-refractivity contribution is 9.10. The minimum atomic E-state index is -0.482. The van der Waals surface area contributed by atoms with Gasteiger partial charge in [-0.3, -0.25) is 4.79 Å². The highest BCUT2D eigenvalue weighted by atomic mass is 79.9. The summed E-state index contributed by atoms with van der Waals surface area (Å²) < 4.78 is 6.23. The van der Waals surface area contributed by atoms with Gasteiger partial charge in [-0.15, -0.1) is 0 Å². The second-order valence-corrected chi connectivity index (χ2v) is 5.15. The fourth-order valence-corrected chi connectivity index (χ4v) is 2.31. The van der Waals surface area contributed by atoms with Crippen LogP contribution in [0.5, 0.6) is 5.75 Å². The van der Waals surface area contributed by atoms with Crippen molar-refractivity contribution in [2.45, 2.75) is 6.61 Å². The normalized spacial score (nSPS) is 10.2. The molecule has 0 atom stereocenters. The maximum Gasteiger partial charge on any atom is 0.249 e. The van der Waals surface area contributed by atoms with Gasteiger partial charge in [0.05, 0.1) is 5.56 Å². The van der Waals surface area contributed by atoms with Crippen molar-refractivity contribution in [3.05, 3.63) is 63.1 Å². The van der Waals surface area contributed by atoms with E-state index in [4.69, 9.17) is 22.1 Å². The average Bonchev–Trinajstić information content (AvgIpc) is 2.37. The Hall–Kier alpha value is -1.52. The van der Waals surface area contributed by atoms with Crippen molar-refractivity contribution in [2.24, 2.45) is 5.73 Å². The van der Waals surface area contributed by atoms with Gasteiger partial charge in [-0.1, -0.05) is 29.8 Å². The minimum Gasteiger partial charge on any atom is -0.489 e. The van der Waals surface area contributed by atoms with Crippen LogP contribution in [0.4, 0.5) is 0 Å². The van der Waals surface area contributed by atoms with Crippen molar-refractivity contribution in [3.8, 4) is 5.75 Å². The van der Waals surface area contributed by atoms with Crippen molar-refractivity contribution < 1.29 is 9.53 Å². The van der Waals surface area contributed by atoms with Crippen molar-refractivity contribution in [1.29, 1.82) is 0 Å². The van der Waals surface area contributed by atoms with E-state index in [1.807, 2.05) is 24.3 Å². The molecule has 5 heteroatoms. The molecule has 0 saturated heterocycles. The molecule has 0 aliphatic rings. The molecule has 0 fully saturated rings. The summed E-state index contributed by atoms with van der Waals surface area (Å²) in [6.07, 6.45) is 0. The number of halogens is 2. The second-order valence-electron chi connectivity index (χ2n) is 3.89. The van der Waals surface area contributed by atoms with Crippen LogP contribution < -0.4 is 10.5 Å². The highest BCUT2D eigenvalue weighted by Gasteiger charge is 2.07. The molecule has 0 aliphatic heterocycles. The van der Waals surface area contributed by atoms with E-state index in [-0.39, 0.29) is 0 Å². The lowest BCUT2D eigenvalue weighted by molar-refractivity contribution is 0.0999. The topological polar surface area (TPSA) is 52.3 Å². The molecule has 0 saturated carbocycles. The zero-order valence-electron chi connectivity index (χ0n) is 9.90. The van der Waals surface area contributed by atoms with Crippen LogP contribution in [0.2, 0.25) is 5.02 Å². The van der Waals surface area contributed by atoms with Gasteiger partial charge in [0, 0.05) is 15.1 Å². The number of rotatable bonds is 4. The van der Waals surface area contributed by atoms with E-state index in [1.54, 1.807) is 18.2 Å². The number of benzene rings is 2. The molecule has 2 aromatic carbocycles. The Morgan fingerprint density at radius 2 is 2.00 bits per heavy atom. The third-order valence-electron chi connectivity index (χ3n) is 2.56. The predicted octanol–water partition coefficient (Wildman–Crippen LogP) is 3.78. The number of primary amides is 1. The molecule has 19 heavy (non-hydrogen) atoms. The van der Waals surface area contributed by atoms with Crippen molar-refractivity contribution in [1.82, 2.24) is 0 Å². The van der Waals surface area contributed by atoms with Gasteiger partial charge < -0.3 is 10.5 Å². The van der Waals surface area contributed by atoms with Gasteiger partial charge >= 0.3 is 0 Å². The van der Waals surface area contributed by atoms with E-state index < -0.39 is 5.91 Å². The summed E-state index contributed by atoms with van der Waals surface area (Å²) in [5.41, 5.74) is 6.55.